The van der Waals surface area contributed by atoms with Gasteiger partial charge < -0.3 is 0 Å². The zero-order valence-corrected chi connectivity index (χ0v) is 12.0. The molecule has 0 saturated heterocycles. The van der Waals surface area contributed by atoms with Crippen molar-refractivity contribution in [3.05, 3.63) is 71.8 Å². The number of hydrazone groups is 1. The number of hydrogen-bond donors (Lipinski definition) is 1. The van der Waals surface area contributed by atoms with Crippen molar-refractivity contribution in [3.8, 4) is 0 Å². The molecule has 2 aromatic rings. The number of nitrogens with one attached hydrogen (secondary N) is 1. The molecule has 0 aromatic heterocycles. The number of benzene rings is 2. The van der Waals surface area contributed by atoms with E-state index in [2.05, 4.69) is 22.7 Å². The van der Waals surface area contributed by atoms with Gasteiger partial charge in [-0.1, -0.05) is 60.7 Å². The van der Waals surface area contributed by atoms with E-state index in [9.17, 15) is 4.79 Å². The van der Waals surface area contributed by atoms with Gasteiger partial charge >= 0.3 is 0 Å². The maximum atomic E-state index is 12.1. The molecule has 2 atom stereocenters. The summed E-state index contributed by atoms with van der Waals surface area (Å²) in [5.74, 6) is 0.414. The van der Waals surface area contributed by atoms with Crippen LogP contribution in [-0.2, 0) is 4.79 Å². The Hall–Kier alpha value is -2.42. The summed E-state index contributed by atoms with van der Waals surface area (Å²) in [6.07, 6.45) is 0.912. The zero-order chi connectivity index (χ0) is 14.7. The van der Waals surface area contributed by atoms with Crippen LogP contribution in [0.15, 0.2) is 65.8 Å². The van der Waals surface area contributed by atoms with Crippen molar-refractivity contribution in [2.45, 2.75) is 19.3 Å². The number of carbonyl (C=O) groups is 1. The Morgan fingerprint density at radius 3 is 2.33 bits per heavy atom. The van der Waals surface area contributed by atoms with Gasteiger partial charge in [-0.2, -0.15) is 5.10 Å². The second kappa shape index (κ2) is 5.92. The molecular weight excluding hydrogens is 260 g/mol. The first kappa shape index (κ1) is 13.6. The molecule has 1 aliphatic carbocycles. The molecule has 0 unspecified atom stereocenters. The lowest BCUT2D eigenvalue weighted by atomic mass is 10.1. The van der Waals surface area contributed by atoms with Gasteiger partial charge in [-0.15, -0.1) is 0 Å². The van der Waals surface area contributed by atoms with Crippen LogP contribution in [0.2, 0.25) is 0 Å². The minimum Gasteiger partial charge on any atom is -0.273 e. The molecule has 3 heteroatoms. The molecule has 0 heterocycles. The normalized spacial score (nSPS) is 20.9. The summed E-state index contributed by atoms with van der Waals surface area (Å²) in [6, 6.07) is 20.0. The van der Waals surface area contributed by atoms with Crippen LogP contribution in [0.5, 0.6) is 0 Å². The monoisotopic (exact) mass is 278 g/mol. The summed E-state index contributed by atoms with van der Waals surface area (Å²) in [7, 11) is 0. The standard InChI is InChI=1S/C18H18N2O/c1-13(14-8-4-2-5-9-14)19-20-18(21)17-12-16(17)15-10-6-3-7-11-15/h2-11,16-17H,12H2,1H3,(H,20,21)/b19-13-/t16-,17+/m1/s1. The van der Waals surface area contributed by atoms with E-state index in [1.165, 1.54) is 5.56 Å². The fourth-order valence-electron chi connectivity index (χ4n) is 2.52. The Morgan fingerprint density at radius 1 is 1.05 bits per heavy atom. The lowest BCUT2D eigenvalue weighted by Gasteiger charge is -2.03. The van der Waals surface area contributed by atoms with Crippen LogP contribution >= 0.6 is 0 Å². The first-order valence-electron chi connectivity index (χ1n) is 7.20. The van der Waals surface area contributed by atoms with Crippen molar-refractivity contribution in [1.29, 1.82) is 0 Å². The number of hydrogen-bond acceptors (Lipinski definition) is 2. The average Bonchev–Trinajstić information content (AvgIpc) is 3.35. The zero-order valence-electron chi connectivity index (χ0n) is 12.0. The second-order valence-corrected chi connectivity index (χ2v) is 5.40. The molecule has 21 heavy (non-hydrogen) atoms. The fraction of sp³-hybridized carbons (Fsp3) is 0.222. The summed E-state index contributed by atoms with van der Waals surface area (Å²) in [5.41, 5.74) is 5.77. The molecule has 3 nitrogen and oxygen atoms in total. The van der Waals surface area contributed by atoms with E-state index in [1.807, 2.05) is 55.5 Å². The summed E-state index contributed by atoms with van der Waals surface area (Å²) in [5, 5.41) is 4.20. The van der Waals surface area contributed by atoms with Crippen LogP contribution in [0, 0.1) is 5.92 Å². The predicted octanol–water partition coefficient (Wildman–Crippen LogP) is 3.33. The minimum atomic E-state index is 0.0131. The third-order valence-electron chi connectivity index (χ3n) is 3.88. The fourth-order valence-corrected chi connectivity index (χ4v) is 2.52. The maximum Gasteiger partial charge on any atom is 0.243 e. The Labute approximate surface area is 124 Å². The molecule has 1 aliphatic rings. The van der Waals surface area contributed by atoms with E-state index < -0.39 is 0 Å². The van der Waals surface area contributed by atoms with Gasteiger partial charge in [-0.05, 0) is 30.4 Å². The third-order valence-corrected chi connectivity index (χ3v) is 3.88. The molecule has 1 fully saturated rings. The third kappa shape index (κ3) is 3.19. The van der Waals surface area contributed by atoms with Crippen LogP contribution < -0.4 is 5.43 Å². The molecular formula is C18H18N2O. The molecule has 0 spiro atoms. The largest absolute Gasteiger partial charge is 0.273 e. The van der Waals surface area contributed by atoms with Gasteiger partial charge in [-0.3, -0.25) is 4.79 Å². The molecule has 1 saturated carbocycles. The summed E-state index contributed by atoms with van der Waals surface area (Å²) >= 11 is 0. The lowest BCUT2D eigenvalue weighted by molar-refractivity contribution is -0.122. The summed E-state index contributed by atoms with van der Waals surface area (Å²) in [6.45, 7) is 1.90. The Bertz CT molecular complexity index is 649. The Balaban J connectivity index is 1.59. The number of rotatable bonds is 4. The molecule has 106 valence electrons. The Kier molecular flexibility index (Phi) is 3.82. The van der Waals surface area contributed by atoms with Gasteiger partial charge in [0, 0.05) is 5.92 Å². The van der Waals surface area contributed by atoms with Crippen molar-refractivity contribution in [2.24, 2.45) is 11.0 Å². The first-order valence-corrected chi connectivity index (χ1v) is 7.20. The highest BCUT2D eigenvalue weighted by Crippen LogP contribution is 2.47. The predicted molar refractivity (Wildman–Crippen MR) is 84.1 cm³/mol. The van der Waals surface area contributed by atoms with Crippen LogP contribution in [0.4, 0.5) is 0 Å². The van der Waals surface area contributed by atoms with Gasteiger partial charge in [0.25, 0.3) is 0 Å². The quantitative estimate of drug-likeness (QED) is 0.676. The van der Waals surface area contributed by atoms with Crippen LogP contribution in [0.3, 0.4) is 0 Å². The van der Waals surface area contributed by atoms with E-state index in [1.54, 1.807) is 0 Å². The first-order chi connectivity index (χ1) is 10.3. The highest BCUT2D eigenvalue weighted by molar-refractivity contribution is 5.99. The highest BCUT2D eigenvalue weighted by atomic mass is 16.2. The van der Waals surface area contributed by atoms with Gasteiger partial charge in [0.15, 0.2) is 0 Å². The summed E-state index contributed by atoms with van der Waals surface area (Å²) in [4.78, 5) is 12.1. The van der Waals surface area contributed by atoms with E-state index in [0.29, 0.717) is 5.92 Å². The van der Waals surface area contributed by atoms with Crippen molar-refractivity contribution in [1.82, 2.24) is 5.43 Å². The SMILES string of the molecule is C/C(=N/NC(=O)[C@H]1C[C@@H]1c1ccccc1)c1ccccc1. The van der Waals surface area contributed by atoms with Gasteiger partial charge in [0.1, 0.15) is 0 Å². The molecule has 1 amide bonds. The average molecular weight is 278 g/mol. The van der Waals surface area contributed by atoms with Crippen LogP contribution in [0.1, 0.15) is 30.4 Å². The molecule has 0 radical (unpaired) electrons. The minimum absolute atomic E-state index is 0.0131. The topological polar surface area (TPSA) is 41.5 Å². The van der Waals surface area contributed by atoms with Gasteiger partial charge in [-0.25, -0.2) is 5.43 Å². The smallest absolute Gasteiger partial charge is 0.243 e. The van der Waals surface area contributed by atoms with Crippen molar-refractivity contribution < 1.29 is 4.79 Å². The number of amides is 1. The molecule has 2 aromatic carbocycles. The second-order valence-electron chi connectivity index (χ2n) is 5.40. The van der Waals surface area contributed by atoms with E-state index >= 15 is 0 Å². The summed E-state index contributed by atoms with van der Waals surface area (Å²) < 4.78 is 0. The van der Waals surface area contributed by atoms with Crippen LogP contribution in [-0.4, -0.2) is 11.6 Å². The molecule has 0 aliphatic heterocycles. The highest BCUT2D eigenvalue weighted by Gasteiger charge is 2.43. The molecule has 3 rings (SSSR count). The van der Waals surface area contributed by atoms with Crippen molar-refractivity contribution in [2.75, 3.05) is 0 Å². The van der Waals surface area contributed by atoms with E-state index in [4.69, 9.17) is 0 Å². The molecule has 1 N–H and O–H groups in total. The van der Waals surface area contributed by atoms with Crippen molar-refractivity contribution in [3.63, 3.8) is 0 Å². The van der Waals surface area contributed by atoms with Gasteiger partial charge in [0.2, 0.25) is 5.91 Å². The maximum absolute atomic E-state index is 12.1. The lowest BCUT2D eigenvalue weighted by Crippen LogP contribution is -2.21. The van der Waals surface area contributed by atoms with Crippen molar-refractivity contribution >= 4 is 11.6 Å². The van der Waals surface area contributed by atoms with Gasteiger partial charge in [0.05, 0.1) is 5.71 Å². The molecule has 0 bridgehead atoms. The van der Waals surface area contributed by atoms with E-state index in [0.717, 1.165) is 17.7 Å². The number of carbonyl (C=O) groups excluding carboxylic acids is 1. The number of nitrogens with zero attached hydrogens (tertiary/aromatic N) is 1. The van der Waals surface area contributed by atoms with Crippen LogP contribution in [0.25, 0.3) is 0 Å². The van der Waals surface area contributed by atoms with E-state index in [-0.39, 0.29) is 11.8 Å². The Morgan fingerprint density at radius 2 is 1.67 bits per heavy atom.